The SMILES string of the molecule is Cc1sc2nc([C@@H](C)Sc3n[nH]c(-c4ccccc4)n3)[nH]c(=O)c2c1C. The number of nitrogens with zero attached hydrogens (tertiary/aromatic N) is 3. The van der Waals surface area contributed by atoms with Crippen molar-refractivity contribution >= 4 is 33.3 Å². The van der Waals surface area contributed by atoms with Crippen molar-refractivity contribution in [2.24, 2.45) is 0 Å². The lowest BCUT2D eigenvalue weighted by Gasteiger charge is -2.07. The lowest BCUT2D eigenvalue weighted by atomic mass is 10.2. The molecule has 0 bridgehead atoms. The molecule has 8 heteroatoms. The van der Waals surface area contributed by atoms with Gasteiger partial charge in [0, 0.05) is 10.4 Å². The number of hydrogen-bond donors (Lipinski definition) is 2. The van der Waals surface area contributed by atoms with Gasteiger partial charge in [0.05, 0.1) is 10.6 Å². The van der Waals surface area contributed by atoms with Crippen molar-refractivity contribution in [1.29, 1.82) is 0 Å². The summed E-state index contributed by atoms with van der Waals surface area (Å²) in [5.74, 6) is 1.36. The molecule has 6 nitrogen and oxygen atoms in total. The van der Waals surface area contributed by atoms with Crippen LogP contribution >= 0.6 is 23.1 Å². The number of hydrogen-bond acceptors (Lipinski definition) is 6. The first-order chi connectivity index (χ1) is 12.5. The minimum absolute atomic E-state index is 0.0748. The van der Waals surface area contributed by atoms with E-state index in [2.05, 4.69) is 25.1 Å². The Morgan fingerprint density at radius 1 is 1.15 bits per heavy atom. The summed E-state index contributed by atoms with van der Waals surface area (Å²) >= 11 is 3.01. The zero-order valence-corrected chi connectivity index (χ0v) is 16.2. The van der Waals surface area contributed by atoms with Crippen LogP contribution in [0.25, 0.3) is 21.6 Å². The summed E-state index contributed by atoms with van der Waals surface area (Å²) in [5, 5.41) is 8.47. The van der Waals surface area contributed by atoms with E-state index in [0.717, 1.165) is 26.7 Å². The third kappa shape index (κ3) is 3.06. The molecule has 0 aliphatic heterocycles. The molecule has 0 amide bonds. The van der Waals surface area contributed by atoms with Crippen LogP contribution in [-0.2, 0) is 0 Å². The van der Waals surface area contributed by atoms with Crippen LogP contribution in [0.1, 0.15) is 28.4 Å². The van der Waals surface area contributed by atoms with Gasteiger partial charge in [0.25, 0.3) is 5.56 Å². The molecule has 0 aliphatic rings. The Balaban J connectivity index is 1.61. The van der Waals surface area contributed by atoms with Gasteiger partial charge in [0.2, 0.25) is 5.16 Å². The molecule has 0 saturated heterocycles. The Bertz CT molecular complexity index is 1130. The largest absolute Gasteiger partial charge is 0.309 e. The first-order valence-corrected chi connectivity index (χ1v) is 9.87. The van der Waals surface area contributed by atoms with Crippen LogP contribution in [0.5, 0.6) is 0 Å². The normalized spacial score (nSPS) is 12.6. The maximum Gasteiger partial charge on any atom is 0.259 e. The van der Waals surface area contributed by atoms with Crippen LogP contribution in [0.4, 0.5) is 0 Å². The fraction of sp³-hybridized carbons (Fsp3) is 0.222. The molecule has 1 atom stereocenters. The summed E-state index contributed by atoms with van der Waals surface area (Å²) in [6.45, 7) is 5.96. The summed E-state index contributed by atoms with van der Waals surface area (Å²) in [6.07, 6.45) is 0. The highest BCUT2D eigenvalue weighted by Crippen LogP contribution is 2.33. The summed E-state index contributed by atoms with van der Waals surface area (Å²) in [6, 6.07) is 9.84. The smallest absolute Gasteiger partial charge is 0.259 e. The number of thioether (sulfide) groups is 1. The van der Waals surface area contributed by atoms with Crippen LogP contribution < -0.4 is 5.56 Å². The molecule has 0 aliphatic carbocycles. The predicted molar refractivity (Wildman–Crippen MR) is 106 cm³/mol. The molecule has 2 N–H and O–H groups in total. The van der Waals surface area contributed by atoms with Crippen molar-refractivity contribution < 1.29 is 0 Å². The van der Waals surface area contributed by atoms with Crippen molar-refractivity contribution in [2.75, 3.05) is 0 Å². The monoisotopic (exact) mass is 383 g/mol. The number of rotatable bonds is 4. The van der Waals surface area contributed by atoms with Crippen molar-refractivity contribution in [1.82, 2.24) is 25.1 Å². The van der Waals surface area contributed by atoms with Crippen molar-refractivity contribution in [3.63, 3.8) is 0 Å². The van der Waals surface area contributed by atoms with Gasteiger partial charge in [0.1, 0.15) is 10.7 Å². The molecule has 0 fully saturated rings. The fourth-order valence-electron chi connectivity index (χ4n) is 2.70. The van der Waals surface area contributed by atoms with E-state index in [-0.39, 0.29) is 10.8 Å². The van der Waals surface area contributed by atoms with E-state index in [1.807, 2.05) is 51.1 Å². The number of aryl methyl sites for hydroxylation is 2. The molecule has 0 saturated carbocycles. The van der Waals surface area contributed by atoms with Crippen molar-refractivity contribution in [2.45, 2.75) is 31.2 Å². The minimum Gasteiger partial charge on any atom is -0.309 e. The van der Waals surface area contributed by atoms with Gasteiger partial charge in [0.15, 0.2) is 5.82 Å². The molecule has 4 aromatic rings. The van der Waals surface area contributed by atoms with E-state index in [1.54, 1.807) is 11.3 Å². The van der Waals surface area contributed by atoms with Gasteiger partial charge >= 0.3 is 0 Å². The molecule has 132 valence electrons. The first kappa shape index (κ1) is 17.0. The average molecular weight is 384 g/mol. The summed E-state index contributed by atoms with van der Waals surface area (Å²) in [4.78, 5) is 26.4. The first-order valence-electron chi connectivity index (χ1n) is 8.17. The Morgan fingerprint density at radius 3 is 2.69 bits per heavy atom. The molecule has 3 heterocycles. The Labute approximate surface area is 158 Å². The molecular weight excluding hydrogens is 366 g/mol. The van der Waals surface area contributed by atoms with Crippen molar-refractivity contribution in [3.05, 3.63) is 57.0 Å². The highest BCUT2D eigenvalue weighted by molar-refractivity contribution is 7.99. The summed E-state index contributed by atoms with van der Waals surface area (Å²) < 4.78 is 0. The van der Waals surface area contributed by atoms with Crippen molar-refractivity contribution in [3.8, 4) is 11.4 Å². The van der Waals surface area contributed by atoms with E-state index in [0.29, 0.717) is 16.4 Å². The number of H-pyrrole nitrogens is 2. The van der Waals surface area contributed by atoms with Gasteiger partial charge in [-0.3, -0.25) is 9.89 Å². The highest BCUT2D eigenvalue weighted by atomic mass is 32.2. The van der Waals surface area contributed by atoms with E-state index >= 15 is 0 Å². The van der Waals surface area contributed by atoms with E-state index < -0.39 is 0 Å². The predicted octanol–water partition coefficient (Wildman–Crippen LogP) is 4.24. The number of fused-ring (bicyclic) bond motifs is 1. The number of thiophene rings is 1. The second kappa shape index (κ2) is 6.69. The molecule has 1 aromatic carbocycles. The van der Waals surface area contributed by atoms with Crippen LogP contribution in [0, 0.1) is 13.8 Å². The van der Waals surface area contributed by atoms with Gasteiger partial charge in [-0.1, -0.05) is 42.1 Å². The number of nitrogens with one attached hydrogen (secondary N) is 2. The van der Waals surface area contributed by atoms with E-state index in [9.17, 15) is 4.79 Å². The second-order valence-corrected chi connectivity index (χ2v) is 8.52. The Morgan fingerprint density at radius 2 is 1.92 bits per heavy atom. The lowest BCUT2D eigenvalue weighted by Crippen LogP contribution is -2.12. The van der Waals surface area contributed by atoms with Crippen LogP contribution in [0.2, 0.25) is 0 Å². The summed E-state index contributed by atoms with van der Waals surface area (Å²) in [7, 11) is 0. The zero-order valence-electron chi connectivity index (χ0n) is 14.5. The highest BCUT2D eigenvalue weighted by Gasteiger charge is 2.18. The molecule has 3 aromatic heterocycles. The molecular formula is C18H17N5OS2. The van der Waals surface area contributed by atoms with Gasteiger partial charge < -0.3 is 4.98 Å². The van der Waals surface area contributed by atoms with Gasteiger partial charge in [-0.2, -0.15) is 0 Å². The quantitative estimate of drug-likeness (QED) is 0.515. The van der Waals surface area contributed by atoms with E-state index in [1.165, 1.54) is 11.8 Å². The molecule has 0 spiro atoms. The fourth-order valence-corrected chi connectivity index (χ4v) is 4.52. The van der Waals surface area contributed by atoms with Crippen LogP contribution in [0.15, 0.2) is 40.3 Å². The maximum absolute atomic E-state index is 12.4. The molecule has 26 heavy (non-hydrogen) atoms. The lowest BCUT2D eigenvalue weighted by molar-refractivity contribution is 0.906. The number of aromatic nitrogens is 5. The van der Waals surface area contributed by atoms with Gasteiger partial charge in [-0.15, -0.1) is 16.4 Å². The van der Waals surface area contributed by atoms with Crippen LogP contribution in [-0.4, -0.2) is 25.1 Å². The second-order valence-electron chi connectivity index (χ2n) is 6.01. The number of aromatic amines is 2. The molecule has 0 unspecified atom stereocenters. The molecule has 0 radical (unpaired) electrons. The summed E-state index contributed by atoms with van der Waals surface area (Å²) in [5.41, 5.74) is 1.91. The van der Waals surface area contributed by atoms with Gasteiger partial charge in [-0.25, -0.2) is 9.97 Å². The average Bonchev–Trinajstić information content (AvgIpc) is 3.21. The van der Waals surface area contributed by atoms with E-state index in [4.69, 9.17) is 0 Å². The van der Waals surface area contributed by atoms with Gasteiger partial charge in [-0.05, 0) is 26.3 Å². The standard InChI is InChI=1S/C18H17N5OS2/c1-9-10(2)25-17-13(9)16(24)19-14(20-17)11(3)26-18-21-15(22-23-18)12-7-5-4-6-8-12/h4-8,11H,1-3H3,(H,19,20,24)(H,21,22,23)/t11-/m1/s1. The Hall–Kier alpha value is -2.45. The van der Waals surface area contributed by atoms with Crippen LogP contribution in [0.3, 0.4) is 0 Å². The zero-order chi connectivity index (χ0) is 18.3. The third-order valence-electron chi connectivity index (χ3n) is 4.24. The molecule has 4 rings (SSSR count). The third-order valence-corrected chi connectivity index (χ3v) is 6.31. The maximum atomic E-state index is 12.4. The minimum atomic E-state index is -0.0840. The Kier molecular flexibility index (Phi) is 4.37. The topological polar surface area (TPSA) is 87.3 Å². The number of benzene rings is 1.